The molecule has 1 atom stereocenters. The van der Waals surface area contributed by atoms with Crippen molar-refractivity contribution in [1.29, 1.82) is 0 Å². The van der Waals surface area contributed by atoms with Gasteiger partial charge in [-0.05, 0) is 5.92 Å². The number of halogens is 1. The summed E-state index contributed by atoms with van der Waals surface area (Å²) in [5.41, 5.74) is 0. The molecular formula is C4H9BrO. The molecule has 0 spiro atoms. The van der Waals surface area contributed by atoms with Gasteiger partial charge in [0.2, 0.25) is 0 Å². The molecule has 0 radical (unpaired) electrons. The summed E-state index contributed by atoms with van der Waals surface area (Å²) in [6.45, 7) is 2.26. The van der Waals surface area contributed by atoms with Crippen LogP contribution in [0.5, 0.6) is 0 Å². The molecule has 0 aliphatic rings. The smallest absolute Gasteiger partial charge is 0.0464 e. The lowest BCUT2D eigenvalue weighted by molar-refractivity contribution is 0.251. The molecule has 1 nitrogen and oxygen atoms in total. The Morgan fingerprint density at radius 2 is 2.33 bits per heavy atom. The van der Waals surface area contributed by atoms with E-state index >= 15 is 0 Å². The number of rotatable bonds is 2. The summed E-state index contributed by atoms with van der Waals surface area (Å²) in [5, 5.41) is 9.20. The average Bonchev–Trinajstić information content (AvgIpc) is 1.65. The first-order chi connectivity index (χ1) is 2.81. The van der Waals surface area contributed by atoms with Crippen molar-refractivity contribution < 1.29 is 5.11 Å². The maximum atomic E-state index is 8.30. The predicted octanol–water partition coefficient (Wildman–Crippen LogP) is 1.01. The molecule has 0 aromatic rings. The van der Waals surface area contributed by atoms with Crippen molar-refractivity contribution in [2.45, 2.75) is 6.92 Å². The summed E-state index contributed by atoms with van der Waals surface area (Å²) in [4.78, 5) is 0. The summed E-state index contributed by atoms with van der Waals surface area (Å²) < 4.78 is 0. The average molecular weight is 153 g/mol. The highest BCUT2D eigenvalue weighted by atomic mass is 79.9. The summed E-state index contributed by atoms with van der Waals surface area (Å²) in [6.07, 6.45) is 0. The van der Waals surface area contributed by atoms with Crippen LogP contribution in [0.2, 0.25) is 0 Å². The first kappa shape index (κ1) is 6.44. The van der Waals surface area contributed by atoms with E-state index in [2.05, 4.69) is 15.9 Å². The number of hydrogen-bond donors (Lipinski definition) is 1. The lowest BCUT2D eigenvalue weighted by atomic mass is 10.2. The quantitative estimate of drug-likeness (QED) is 0.587. The molecule has 0 rings (SSSR count). The zero-order valence-corrected chi connectivity index (χ0v) is 5.40. The highest BCUT2D eigenvalue weighted by molar-refractivity contribution is 9.09. The molecule has 0 unspecified atom stereocenters. The first-order valence-corrected chi connectivity index (χ1v) is 3.10. The summed E-state index contributed by atoms with van der Waals surface area (Å²) in [6, 6.07) is 0. The van der Waals surface area contributed by atoms with Gasteiger partial charge in [-0.25, -0.2) is 0 Å². The molecule has 0 aromatic carbocycles. The van der Waals surface area contributed by atoms with Gasteiger partial charge in [-0.3, -0.25) is 0 Å². The maximum Gasteiger partial charge on any atom is 0.0464 e. The predicted molar refractivity (Wildman–Crippen MR) is 30.0 cm³/mol. The Morgan fingerprint density at radius 1 is 1.83 bits per heavy atom. The Labute approximate surface area is 46.5 Å². The molecule has 0 saturated heterocycles. The van der Waals surface area contributed by atoms with Crippen molar-refractivity contribution in [1.82, 2.24) is 0 Å². The van der Waals surface area contributed by atoms with Crippen molar-refractivity contribution in [3.05, 3.63) is 0 Å². The SMILES string of the molecule is C[C@H](CO)CBr. The molecule has 0 aliphatic heterocycles. The third kappa shape index (κ3) is 2.67. The van der Waals surface area contributed by atoms with Crippen molar-refractivity contribution in [3.8, 4) is 0 Å². The van der Waals surface area contributed by atoms with Gasteiger partial charge >= 0.3 is 0 Å². The lowest BCUT2D eigenvalue weighted by Gasteiger charge is -1.96. The molecule has 0 heterocycles. The number of alkyl halides is 1. The van der Waals surface area contributed by atoms with E-state index in [1.807, 2.05) is 6.92 Å². The van der Waals surface area contributed by atoms with Gasteiger partial charge in [-0.1, -0.05) is 22.9 Å². The second kappa shape index (κ2) is 3.62. The number of aliphatic hydroxyl groups excluding tert-OH is 1. The molecule has 1 N–H and O–H groups in total. The Kier molecular flexibility index (Phi) is 3.89. The summed E-state index contributed by atoms with van der Waals surface area (Å²) >= 11 is 3.21. The van der Waals surface area contributed by atoms with Crippen LogP contribution in [0.4, 0.5) is 0 Å². The van der Waals surface area contributed by atoms with Crippen LogP contribution in [0.3, 0.4) is 0 Å². The molecular weight excluding hydrogens is 144 g/mol. The maximum absolute atomic E-state index is 8.30. The van der Waals surface area contributed by atoms with Crippen molar-refractivity contribution in [2.75, 3.05) is 11.9 Å². The van der Waals surface area contributed by atoms with E-state index in [1.165, 1.54) is 0 Å². The fourth-order valence-electron chi connectivity index (χ4n) is 0.0488. The highest BCUT2D eigenvalue weighted by Gasteiger charge is 1.91. The fourth-order valence-corrected chi connectivity index (χ4v) is 0.254. The molecule has 0 aliphatic carbocycles. The van der Waals surface area contributed by atoms with E-state index in [0.29, 0.717) is 5.92 Å². The standard InChI is InChI=1S/C4H9BrO/c1-4(2-5)3-6/h4,6H,2-3H2,1H3/t4-/m0/s1. The molecule has 0 fully saturated rings. The Bertz CT molecular complexity index is 26.7. The van der Waals surface area contributed by atoms with Crippen LogP contribution in [-0.4, -0.2) is 17.0 Å². The minimum absolute atomic E-state index is 0.283. The van der Waals surface area contributed by atoms with Gasteiger partial charge in [0.1, 0.15) is 0 Å². The van der Waals surface area contributed by atoms with Gasteiger partial charge in [0.15, 0.2) is 0 Å². The van der Waals surface area contributed by atoms with Crippen LogP contribution in [-0.2, 0) is 0 Å². The Balaban J connectivity index is 2.75. The second-order valence-electron chi connectivity index (χ2n) is 1.44. The fraction of sp³-hybridized carbons (Fsp3) is 1.00. The van der Waals surface area contributed by atoms with Crippen LogP contribution in [0.1, 0.15) is 6.92 Å². The van der Waals surface area contributed by atoms with Crippen molar-refractivity contribution in [2.24, 2.45) is 5.92 Å². The third-order valence-electron chi connectivity index (χ3n) is 0.575. The topological polar surface area (TPSA) is 20.2 Å². The molecule has 0 aromatic heterocycles. The summed E-state index contributed by atoms with van der Waals surface area (Å²) in [5.74, 6) is 0.407. The zero-order valence-electron chi connectivity index (χ0n) is 3.82. The molecule has 0 saturated carbocycles. The summed E-state index contributed by atoms with van der Waals surface area (Å²) in [7, 11) is 0. The first-order valence-electron chi connectivity index (χ1n) is 1.98. The largest absolute Gasteiger partial charge is 0.396 e. The van der Waals surface area contributed by atoms with Crippen LogP contribution in [0.25, 0.3) is 0 Å². The molecule has 38 valence electrons. The van der Waals surface area contributed by atoms with E-state index in [1.54, 1.807) is 0 Å². The number of aliphatic hydroxyl groups is 1. The van der Waals surface area contributed by atoms with Gasteiger partial charge < -0.3 is 5.11 Å². The molecule has 0 bridgehead atoms. The van der Waals surface area contributed by atoms with E-state index in [-0.39, 0.29) is 6.61 Å². The number of hydrogen-bond acceptors (Lipinski definition) is 1. The molecule has 0 amide bonds. The van der Waals surface area contributed by atoms with Crippen molar-refractivity contribution >= 4 is 15.9 Å². The Morgan fingerprint density at radius 3 is 2.33 bits per heavy atom. The van der Waals surface area contributed by atoms with Gasteiger partial charge in [0.25, 0.3) is 0 Å². The van der Waals surface area contributed by atoms with Gasteiger partial charge in [-0.2, -0.15) is 0 Å². The van der Waals surface area contributed by atoms with Gasteiger partial charge in [0, 0.05) is 11.9 Å². The van der Waals surface area contributed by atoms with Gasteiger partial charge in [0.05, 0.1) is 0 Å². The minimum Gasteiger partial charge on any atom is -0.396 e. The zero-order chi connectivity index (χ0) is 4.99. The molecule has 6 heavy (non-hydrogen) atoms. The van der Waals surface area contributed by atoms with Gasteiger partial charge in [-0.15, -0.1) is 0 Å². The van der Waals surface area contributed by atoms with Crippen molar-refractivity contribution in [3.63, 3.8) is 0 Å². The lowest BCUT2D eigenvalue weighted by Crippen LogP contribution is -1.99. The minimum atomic E-state index is 0.283. The molecule has 2 heteroatoms. The van der Waals surface area contributed by atoms with Crippen LogP contribution < -0.4 is 0 Å². The van der Waals surface area contributed by atoms with Crippen LogP contribution in [0.15, 0.2) is 0 Å². The van der Waals surface area contributed by atoms with E-state index in [0.717, 1.165) is 5.33 Å². The van der Waals surface area contributed by atoms with E-state index in [4.69, 9.17) is 5.11 Å². The van der Waals surface area contributed by atoms with E-state index in [9.17, 15) is 0 Å². The van der Waals surface area contributed by atoms with E-state index < -0.39 is 0 Å². The third-order valence-corrected chi connectivity index (χ3v) is 1.68. The highest BCUT2D eigenvalue weighted by Crippen LogP contribution is 1.95. The second-order valence-corrected chi connectivity index (χ2v) is 2.09. The Hall–Kier alpha value is 0.440. The normalized spacial score (nSPS) is 14.5. The van der Waals surface area contributed by atoms with Crippen LogP contribution in [0, 0.1) is 5.92 Å². The monoisotopic (exact) mass is 152 g/mol. The van der Waals surface area contributed by atoms with Crippen LogP contribution >= 0.6 is 15.9 Å².